The molecule has 0 bridgehead atoms. The highest BCUT2D eigenvalue weighted by Gasteiger charge is 2.31. The van der Waals surface area contributed by atoms with Crippen molar-refractivity contribution in [3.63, 3.8) is 0 Å². The summed E-state index contributed by atoms with van der Waals surface area (Å²) in [5.74, 6) is 1.15. The number of nitrogens with zero attached hydrogens (tertiary/aromatic N) is 6. The smallest absolute Gasteiger partial charge is 0.267 e. The number of halogens is 1. The minimum absolute atomic E-state index is 0.0386. The van der Waals surface area contributed by atoms with E-state index in [0.717, 1.165) is 138 Å². The fourth-order valence-electron chi connectivity index (χ4n) is 9.96. The van der Waals surface area contributed by atoms with Crippen molar-refractivity contribution in [2.75, 3.05) is 51.3 Å². The van der Waals surface area contributed by atoms with E-state index in [1.54, 1.807) is 18.1 Å². The minimum Gasteiger partial charge on any atom is -0.491 e. The first-order valence-electron chi connectivity index (χ1n) is 25.5. The molecule has 6 heterocycles. The third kappa shape index (κ3) is 13.4. The maximum atomic E-state index is 12.6. The molecule has 1 aliphatic carbocycles. The van der Waals surface area contributed by atoms with Crippen LogP contribution in [0.25, 0.3) is 21.3 Å². The first kappa shape index (κ1) is 52.9. The number of primary amides is 1. The Morgan fingerprint density at radius 1 is 0.890 bits per heavy atom. The van der Waals surface area contributed by atoms with Crippen LogP contribution in [0.15, 0.2) is 54.7 Å². The third-order valence-electron chi connectivity index (χ3n) is 13.9. The predicted octanol–water partition coefficient (Wildman–Crippen LogP) is 7.15. The van der Waals surface area contributed by atoms with Crippen LogP contribution in [0.1, 0.15) is 110 Å². The molecule has 388 valence electrons. The summed E-state index contributed by atoms with van der Waals surface area (Å²) < 4.78 is 14.6. The van der Waals surface area contributed by atoms with E-state index < -0.39 is 5.91 Å². The Labute approximate surface area is 435 Å². The molecule has 5 aromatic rings. The quantitative estimate of drug-likeness (QED) is 0.0593. The highest BCUT2D eigenvalue weighted by atomic mass is 35.5. The van der Waals surface area contributed by atoms with Crippen molar-refractivity contribution in [3.8, 4) is 22.6 Å². The third-order valence-corrected chi connectivity index (χ3v) is 15.3. The van der Waals surface area contributed by atoms with Gasteiger partial charge in [0.05, 0.1) is 41.2 Å². The van der Waals surface area contributed by atoms with Crippen LogP contribution >= 0.6 is 22.9 Å². The van der Waals surface area contributed by atoms with Crippen LogP contribution in [-0.4, -0.2) is 112 Å². The summed E-state index contributed by atoms with van der Waals surface area (Å²) in [5, 5.41) is 11.1. The van der Waals surface area contributed by atoms with Crippen molar-refractivity contribution in [3.05, 3.63) is 87.1 Å². The van der Waals surface area contributed by atoms with Crippen molar-refractivity contribution in [1.82, 2.24) is 35.2 Å². The van der Waals surface area contributed by atoms with Gasteiger partial charge in [-0.05, 0) is 113 Å². The van der Waals surface area contributed by atoms with Crippen LogP contribution in [-0.2, 0) is 49.9 Å². The zero-order valence-corrected chi connectivity index (χ0v) is 43.6. The van der Waals surface area contributed by atoms with Crippen molar-refractivity contribution in [1.29, 1.82) is 0 Å². The summed E-state index contributed by atoms with van der Waals surface area (Å²) in [6.45, 7) is 8.64. The van der Waals surface area contributed by atoms with Gasteiger partial charge in [-0.1, -0.05) is 37.1 Å². The maximum absolute atomic E-state index is 12.6. The van der Waals surface area contributed by atoms with E-state index in [1.807, 2.05) is 55.5 Å². The number of para-hydroxylation sites is 2. The van der Waals surface area contributed by atoms with Gasteiger partial charge in [0.15, 0.2) is 0 Å². The van der Waals surface area contributed by atoms with Crippen molar-refractivity contribution in [2.24, 2.45) is 11.7 Å². The number of unbranched alkanes of at least 4 members (excludes halogenated alkanes) is 2. The molecule has 6 amide bonds. The average Bonchev–Trinajstić information content (AvgIpc) is 4.02. The molecule has 9 rings (SSSR count). The number of aryl methyl sites for hydroxylation is 2. The number of nitrogens with two attached hydrogens (primary N) is 1. The van der Waals surface area contributed by atoms with Crippen LogP contribution in [0.2, 0.25) is 5.02 Å². The highest BCUT2D eigenvalue weighted by molar-refractivity contribution is 7.19. The lowest BCUT2D eigenvalue weighted by molar-refractivity contribution is -0.139. The van der Waals surface area contributed by atoms with Gasteiger partial charge in [0.1, 0.15) is 29.8 Å². The van der Waals surface area contributed by atoms with Gasteiger partial charge in [-0.25, -0.2) is 4.68 Å². The number of rotatable bonds is 18. The number of hydrogen-bond acceptors (Lipinski definition) is 12. The minimum atomic E-state index is -0.551. The molecule has 1 atom stereocenters. The topological polar surface area (TPSA) is 211 Å². The number of fused-ring (bicyclic) bond motifs is 3. The van der Waals surface area contributed by atoms with E-state index in [-0.39, 0.29) is 61.6 Å². The number of hydrogen-bond donors (Lipinski definition) is 3. The summed E-state index contributed by atoms with van der Waals surface area (Å²) in [6.07, 6.45) is 10.7. The summed E-state index contributed by atoms with van der Waals surface area (Å²) >= 11 is 8.14. The van der Waals surface area contributed by atoms with Crippen LogP contribution in [0.4, 0.5) is 5.69 Å². The van der Waals surface area contributed by atoms with E-state index in [4.69, 9.17) is 26.8 Å². The summed E-state index contributed by atoms with van der Waals surface area (Å²) in [6, 6.07) is 15.4. The number of ether oxygens (including phenoxy) is 2. The normalized spacial score (nSPS) is 17.1. The highest BCUT2D eigenvalue weighted by Crippen LogP contribution is 2.43. The molecule has 4 N–H and O–H groups in total. The van der Waals surface area contributed by atoms with E-state index in [9.17, 15) is 28.8 Å². The van der Waals surface area contributed by atoms with E-state index in [2.05, 4.69) is 32.5 Å². The number of carbonyl (C=O) groups excluding carboxylic acids is 6. The van der Waals surface area contributed by atoms with Gasteiger partial charge in [-0.2, -0.15) is 5.10 Å². The number of likely N-dealkylation sites (tertiary alicyclic amines) is 2. The van der Waals surface area contributed by atoms with Crippen LogP contribution in [0.3, 0.4) is 0 Å². The second kappa shape index (κ2) is 24.6. The molecule has 2 fully saturated rings. The second-order valence-corrected chi connectivity index (χ2v) is 21.0. The van der Waals surface area contributed by atoms with E-state index in [0.29, 0.717) is 49.2 Å². The number of piperidine rings is 1. The Bertz CT molecular complexity index is 2820. The zero-order chi connectivity index (χ0) is 51.6. The lowest BCUT2D eigenvalue weighted by Gasteiger charge is -2.33. The van der Waals surface area contributed by atoms with Crippen LogP contribution in [0.5, 0.6) is 11.5 Å². The lowest BCUT2D eigenvalue weighted by Crippen LogP contribution is -2.39. The number of thiophene rings is 1. The van der Waals surface area contributed by atoms with Crippen LogP contribution in [0, 0.1) is 12.8 Å². The summed E-state index contributed by atoms with van der Waals surface area (Å²) in [5.41, 5.74) is 12.2. The Balaban J connectivity index is 0.000000472. The second-order valence-electron chi connectivity index (χ2n) is 19.4. The molecule has 0 spiro atoms. The number of imide groups is 1. The lowest BCUT2D eigenvalue weighted by atomic mass is 9.87. The van der Waals surface area contributed by atoms with Gasteiger partial charge < -0.3 is 35.6 Å². The van der Waals surface area contributed by atoms with Gasteiger partial charge in [0, 0.05) is 85.3 Å². The number of carbonyl (C=O) groups is 6. The standard InChI is InChI=1S/C44H55ClN8O6S.C10H11NO2/c1-27-8-9-35-34(21-27)41(44(46)58)53(50-35)26-38(55)49-15-5-3-4-7-37(54)48-16-6-18-51-19-13-30(14-20-51)59-42-28(2)22-29(45)23-33(42)32-12-17-47-36-24-31(60-43(32)36)25-52-39(56)10-11-40(52)57;1-11-8-4-2-3-5-9(8)13-7-6-10(11)12/h12,17,22-24,27,30H,3-11,13-16,18-21,25-26H2,1-2H3,(H2,46,58)(H,48,54)(H,49,55);2-5H,6-7H2,1H3/t27-;/m1./s1. The van der Waals surface area contributed by atoms with Crippen molar-refractivity contribution < 1.29 is 38.2 Å². The van der Waals surface area contributed by atoms with Gasteiger partial charge in [0.2, 0.25) is 29.5 Å². The van der Waals surface area contributed by atoms with E-state index in [1.165, 1.54) is 20.9 Å². The molecule has 0 saturated carbocycles. The molecular weight excluding hydrogens is 970 g/mol. The monoisotopic (exact) mass is 1040 g/mol. The Kier molecular flexibility index (Phi) is 17.8. The number of benzene rings is 2. The van der Waals surface area contributed by atoms with Gasteiger partial charge >= 0.3 is 0 Å². The first-order valence-corrected chi connectivity index (χ1v) is 26.7. The molecule has 4 aliphatic rings. The average molecular weight is 1040 g/mol. The molecule has 2 aromatic carbocycles. The van der Waals surface area contributed by atoms with Gasteiger partial charge in [0.25, 0.3) is 5.91 Å². The summed E-state index contributed by atoms with van der Waals surface area (Å²) in [7, 11) is 1.77. The first-order chi connectivity index (χ1) is 35.2. The van der Waals surface area contributed by atoms with Crippen molar-refractivity contribution in [2.45, 2.75) is 117 Å². The molecule has 17 nitrogen and oxygen atoms in total. The van der Waals surface area contributed by atoms with E-state index >= 15 is 0 Å². The molecule has 3 aliphatic heterocycles. The predicted molar refractivity (Wildman–Crippen MR) is 281 cm³/mol. The molecule has 0 radical (unpaired) electrons. The molecule has 2 saturated heterocycles. The number of pyridine rings is 1. The number of aromatic nitrogens is 3. The number of amides is 6. The largest absolute Gasteiger partial charge is 0.491 e. The molecule has 73 heavy (non-hydrogen) atoms. The molecule has 0 unspecified atom stereocenters. The maximum Gasteiger partial charge on any atom is 0.267 e. The Hall–Kier alpha value is -6.37. The van der Waals surface area contributed by atoms with Crippen molar-refractivity contribution >= 4 is 74.3 Å². The molecule has 19 heteroatoms. The fraction of sp³-hybridized carbons (Fsp3) is 0.481. The van der Waals surface area contributed by atoms with Crippen LogP contribution < -0.4 is 30.7 Å². The molecule has 3 aromatic heterocycles. The number of anilines is 1. The molecular formula is C54H66ClN9O8S. The zero-order valence-electron chi connectivity index (χ0n) is 42.0. The fourth-order valence-corrected chi connectivity index (χ4v) is 11.4. The number of nitrogens with one attached hydrogen (secondary N) is 2. The SMILES string of the molecule is CN1C(=O)CCOc2ccccc21.Cc1cc(Cl)cc(-c2ccnc3cc(CN4C(=O)CCC4=O)sc23)c1OC1CCN(CCCNC(=O)CCCCCNC(=O)Cn2nc3c(c2C(N)=O)C[C@H](C)CC3)CC1. The Morgan fingerprint density at radius 3 is 2.42 bits per heavy atom. The van der Waals surface area contributed by atoms with Gasteiger partial charge in [-0.3, -0.25) is 38.7 Å². The summed E-state index contributed by atoms with van der Waals surface area (Å²) in [4.78, 5) is 84.1. The van der Waals surface area contributed by atoms with Gasteiger partial charge in [-0.15, -0.1) is 11.3 Å². The Morgan fingerprint density at radius 2 is 1.64 bits per heavy atom.